The minimum atomic E-state index is -3.24. The van der Waals surface area contributed by atoms with Gasteiger partial charge in [0.1, 0.15) is 5.60 Å². The van der Waals surface area contributed by atoms with Crippen molar-refractivity contribution in [1.29, 1.82) is 0 Å². The highest BCUT2D eigenvalue weighted by atomic mass is 19.3. The molecule has 3 heteroatoms. The Hall–Kier alpha value is -1.22. The lowest BCUT2D eigenvalue weighted by Crippen LogP contribution is -2.40. The summed E-state index contributed by atoms with van der Waals surface area (Å²) in [6.07, 6.45) is 5.30. The molecule has 98 valence electrons. The van der Waals surface area contributed by atoms with Crippen molar-refractivity contribution in [3.8, 4) is 0 Å². The number of rotatable bonds is 4. The molecular weight excluding hydrogens is 234 g/mol. The highest BCUT2D eigenvalue weighted by Crippen LogP contribution is 2.38. The zero-order chi connectivity index (χ0) is 13.4. The summed E-state index contributed by atoms with van der Waals surface area (Å²) in [7, 11) is 0. The lowest BCUT2D eigenvalue weighted by Gasteiger charge is -2.29. The summed E-state index contributed by atoms with van der Waals surface area (Å²) in [6.45, 7) is 2.25. The van der Waals surface area contributed by atoms with Gasteiger partial charge in [0.25, 0.3) is 0 Å². The molecule has 1 fully saturated rings. The molecule has 0 aromatic heterocycles. The summed E-state index contributed by atoms with van der Waals surface area (Å²) < 4.78 is 27.7. The van der Waals surface area contributed by atoms with E-state index in [1.807, 2.05) is 0 Å². The van der Waals surface area contributed by atoms with E-state index in [2.05, 4.69) is 6.08 Å². The Labute approximate surface area is 106 Å². The second kappa shape index (κ2) is 4.47. The van der Waals surface area contributed by atoms with Gasteiger partial charge < -0.3 is 5.11 Å². The third-order valence-corrected chi connectivity index (χ3v) is 3.25. The standard InChI is InChI=1S/C15H18F2O/c1-14(2,18)15(16,17)13-9-7-12(8-10-13)6-5-11-3-4-11/h5,7-10,18H,3-4,6H2,1-2H3. The summed E-state index contributed by atoms with van der Waals surface area (Å²) in [6, 6.07) is 6.21. The number of aliphatic hydroxyl groups is 1. The van der Waals surface area contributed by atoms with Crippen LogP contribution < -0.4 is 0 Å². The van der Waals surface area contributed by atoms with Gasteiger partial charge in [0.05, 0.1) is 0 Å². The van der Waals surface area contributed by atoms with Gasteiger partial charge in [0.2, 0.25) is 0 Å². The molecule has 0 radical (unpaired) electrons. The Balaban J connectivity index is 2.13. The molecule has 0 unspecified atom stereocenters. The van der Waals surface area contributed by atoms with Crippen molar-refractivity contribution in [2.75, 3.05) is 0 Å². The van der Waals surface area contributed by atoms with Crippen molar-refractivity contribution in [2.45, 2.75) is 44.6 Å². The third-order valence-electron chi connectivity index (χ3n) is 3.25. The van der Waals surface area contributed by atoms with E-state index < -0.39 is 11.5 Å². The summed E-state index contributed by atoms with van der Waals surface area (Å²) in [4.78, 5) is 0. The van der Waals surface area contributed by atoms with E-state index in [1.54, 1.807) is 12.1 Å². The average molecular weight is 252 g/mol. The molecule has 1 saturated carbocycles. The Morgan fingerprint density at radius 1 is 1.17 bits per heavy atom. The molecule has 1 aliphatic rings. The van der Waals surface area contributed by atoms with Crippen LogP contribution in [0.3, 0.4) is 0 Å². The van der Waals surface area contributed by atoms with Crippen LogP contribution >= 0.6 is 0 Å². The number of allylic oxidation sites excluding steroid dienone is 2. The molecule has 1 aromatic carbocycles. The maximum absolute atomic E-state index is 13.9. The second-order valence-electron chi connectivity index (χ2n) is 5.40. The molecule has 0 amide bonds. The quantitative estimate of drug-likeness (QED) is 0.808. The average Bonchev–Trinajstić information content (AvgIpc) is 3.09. The maximum Gasteiger partial charge on any atom is 0.300 e. The number of benzene rings is 1. The molecular formula is C15H18F2O. The first-order valence-electron chi connectivity index (χ1n) is 6.18. The van der Waals surface area contributed by atoms with Crippen molar-refractivity contribution < 1.29 is 13.9 Å². The maximum atomic E-state index is 13.9. The van der Waals surface area contributed by atoms with E-state index in [9.17, 15) is 13.9 Å². The minimum Gasteiger partial charge on any atom is -0.384 e. The zero-order valence-corrected chi connectivity index (χ0v) is 10.7. The Morgan fingerprint density at radius 2 is 1.72 bits per heavy atom. The molecule has 1 nitrogen and oxygen atoms in total. The van der Waals surface area contributed by atoms with Crippen LogP contribution in [0.25, 0.3) is 0 Å². The van der Waals surface area contributed by atoms with Crippen LogP contribution in [0.4, 0.5) is 8.78 Å². The van der Waals surface area contributed by atoms with Gasteiger partial charge in [-0.05, 0) is 38.7 Å². The molecule has 0 spiro atoms. The number of hydrogen-bond acceptors (Lipinski definition) is 1. The first-order chi connectivity index (χ1) is 8.30. The normalized spacial score (nSPS) is 15.7. The van der Waals surface area contributed by atoms with Crippen LogP contribution in [0.15, 0.2) is 35.9 Å². The highest BCUT2D eigenvalue weighted by Gasteiger charge is 2.46. The lowest BCUT2D eigenvalue weighted by molar-refractivity contribution is -0.168. The van der Waals surface area contributed by atoms with Gasteiger partial charge in [-0.3, -0.25) is 0 Å². The number of halogens is 2. The fraction of sp³-hybridized carbons (Fsp3) is 0.467. The monoisotopic (exact) mass is 252 g/mol. The van der Waals surface area contributed by atoms with Crippen LogP contribution in [0.2, 0.25) is 0 Å². The molecule has 1 aromatic rings. The van der Waals surface area contributed by atoms with Gasteiger partial charge in [0, 0.05) is 5.56 Å². The van der Waals surface area contributed by atoms with Crippen molar-refractivity contribution in [1.82, 2.24) is 0 Å². The Kier molecular flexibility index (Phi) is 3.28. The van der Waals surface area contributed by atoms with Gasteiger partial charge in [-0.2, -0.15) is 8.78 Å². The first-order valence-corrected chi connectivity index (χ1v) is 6.18. The van der Waals surface area contributed by atoms with E-state index in [0.717, 1.165) is 25.8 Å². The highest BCUT2D eigenvalue weighted by molar-refractivity contribution is 5.30. The minimum absolute atomic E-state index is 0.141. The second-order valence-corrected chi connectivity index (χ2v) is 5.40. The zero-order valence-electron chi connectivity index (χ0n) is 10.7. The predicted molar refractivity (Wildman–Crippen MR) is 67.7 cm³/mol. The van der Waals surface area contributed by atoms with Crippen LogP contribution in [0.1, 0.15) is 37.8 Å². The molecule has 0 heterocycles. The van der Waals surface area contributed by atoms with Crippen LogP contribution in [-0.2, 0) is 12.3 Å². The van der Waals surface area contributed by atoms with Crippen LogP contribution in [-0.4, -0.2) is 10.7 Å². The Bertz CT molecular complexity index is 446. The van der Waals surface area contributed by atoms with Gasteiger partial charge in [-0.1, -0.05) is 35.9 Å². The summed E-state index contributed by atoms with van der Waals surface area (Å²) >= 11 is 0. The van der Waals surface area contributed by atoms with Gasteiger partial charge in [0.15, 0.2) is 0 Å². The molecule has 0 bridgehead atoms. The van der Waals surface area contributed by atoms with Crippen molar-refractivity contribution in [2.24, 2.45) is 0 Å². The van der Waals surface area contributed by atoms with Crippen LogP contribution in [0.5, 0.6) is 0 Å². The van der Waals surface area contributed by atoms with E-state index in [4.69, 9.17) is 0 Å². The summed E-state index contributed by atoms with van der Waals surface area (Å²) in [5.41, 5.74) is 0.272. The predicted octanol–water partition coefficient (Wildman–Crippen LogP) is 3.81. The molecule has 0 atom stereocenters. The van der Waals surface area contributed by atoms with Crippen molar-refractivity contribution in [3.63, 3.8) is 0 Å². The fourth-order valence-corrected chi connectivity index (χ4v) is 1.74. The van der Waals surface area contributed by atoms with Crippen molar-refractivity contribution in [3.05, 3.63) is 47.0 Å². The van der Waals surface area contributed by atoms with Crippen molar-refractivity contribution >= 4 is 0 Å². The molecule has 0 saturated heterocycles. The molecule has 0 aliphatic heterocycles. The largest absolute Gasteiger partial charge is 0.384 e. The third kappa shape index (κ3) is 2.78. The molecule has 1 N–H and O–H groups in total. The molecule has 2 rings (SSSR count). The summed E-state index contributed by atoms with van der Waals surface area (Å²) in [5, 5.41) is 9.49. The van der Waals surface area contributed by atoms with Crippen LogP contribution in [0, 0.1) is 0 Å². The van der Waals surface area contributed by atoms with Gasteiger partial charge in [-0.25, -0.2) is 0 Å². The van der Waals surface area contributed by atoms with E-state index >= 15 is 0 Å². The molecule has 18 heavy (non-hydrogen) atoms. The Morgan fingerprint density at radius 3 is 2.17 bits per heavy atom. The van der Waals surface area contributed by atoms with E-state index in [0.29, 0.717) is 0 Å². The number of hydrogen-bond donors (Lipinski definition) is 1. The topological polar surface area (TPSA) is 20.2 Å². The lowest BCUT2D eigenvalue weighted by atomic mass is 9.92. The molecule has 1 aliphatic carbocycles. The SMILES string of the molecule is CC(C)(O)C(F)(F)c1ccc(CC=C2CC2)cc1. The number of alkyl halides is 2. The van der Waals surface area contributed by atoms with Gasteiger partial charge >= 0.3 is 5.92 Å². The van der Waals surface area contributed by atoms with E-state index in [1.165, 1.54) is 30.5 Å². The fourth-order valence-electron chi connectivity index (χ4n) is 1.74. The summed E-state index contributed by atoms with van der Waals surface area (Å²) in [5.74, 6) is -3.24. The van der Waals surface area contributed by atoms with E-state index in [-0.39, 0.29) is 5.56 Å². The smallest absolute Gasteiger partial charge is 0.300 e. The van der Waals surface area contributed by atoms with Gasteiger partial charge in [-0.15, -0.1) is 0 Å². The first kappa shape index (κ1) is 13.2.